The van der Waals surface area contributed by atoms with Crippen molar-refractivity contribution in [2.75, 3.05) is 20.0 Å². The molecular formula is C19H24N2O3S. The van der Waals surface area contributed by atoms with Gasteiger partial charge in [0.15, 0.2) is 0 Å². The van der Waals surface area contributed by atoms with Gasteiger partial charge in [-0.1, -0.05) is 13.8 Å². The molecule has 2 aliphatic rings. The molecule has 5 nitrogen and oxygen atoms in total. The fraction of sp³-hybridized carbons (Fsp3) is 0.474. The summed E-state index contributed by atoms with van der Waals surface area (Å²) in [6, 6.07) is 7.48. The molecule has 0 fully saturated rings. The Kier molecular flexibility index (Phi) is 5.08. The minimum Gasteiger partial charge on any atom is -0.497 e. The number of rotatable bonds is 3. The lowest BCUT2D eigenvalue weighted by molar-refractivity contribution is -0.142. The van der Waals surface area contributed by atoms with Gasteiger partial charge in [-0.05, 0) is 42.5 Å². The number of allylic oxidation sites excluding steroid dienone is 2. The Morgan fingerprint density at radius 1 is 1.24 bits per heavy atom. The third kappa shape index (κ3) is 4.00. The number of nitrogens with one attached hydrogen (secondary N) is 1. The maximum atomic E-state index is 11.9. The van der Waals surface area contributed by atoms with Crippen molar-refractivity contribution in [2.45, 2.75) is 32.7 Å². The summed E-state index contributed by atoms with van der Waals surface area (Å²) in [4.78, 5) is 17.9. The molecule has 1 aromatic rings. The van der Waals surface area contributed by atoms with Crippen molar-refractivity contribution >= 4 is 29.1 Å². The topological polar surface area (TPSA) is 59.9 Å². The van der Waals surface area contributed by atoms with E-state index in [9.17, 15) is 4.79 Å². The maximum absolute atomic E-state index is 11.9. The number of methoxy groups -OCH3 is 2. The average Bonchev–Trinajstić information content (AvgIpc) is 2.60. The second-order valence-corrected chi connectivity index (χ2v) is 8.14. The lowest BCUT2D eigenvalue weighted by Crippen LogP contribution is -2.45. The predicted octanol–water partition coefficient (Wildman–Crippen LogP) is 3.68. The largest absolute Gasteiger partial charge is 0.497 e. The summed E-state index contributed by atoms with van der Waals surface area (Å²) >= 11 is 1.70. The van der Waals surface area contributed by atoms with Gasteiger partial charge in [0.05, 0.1) is 25.6 Å². The van der Waals surface area contributed by atoms with Crippen LogP contribution in [0.2, 0.25) is 0 Å². The molecule has 0 amide bonds. The zero-order valence-corrected chi connectivity index (χ0v) is 15.9. The number of benzene rings is 1. The predicted molar refractivity (Wildman–Crippen MR) is 102 cm³/mol. The Bertz CT molecular complexity index is 723. The molecule has 0 aromatic heterocycles. The van der Waals surface area contributed by atoms with Crippen LogP contribution in [-0.2, 0) is 9.53 Å². The minimum absolute atomic E-state index is 0.0930. The van der Waals surface area contributed by atoms with Crippen molar-refractivity contribution in [3.63, 3.8) is 0 Å². The minimum atomic E-state index is -0.287. The number of ether oxygens (including phenoxy) is 2. The molecule has 1 N–H and O–H groups in total. The molecule has 25 heavy (non-hydrogen) atoms. The van der Waals surface area contributed by atoms with Crippen LogP contribution in [0.4, 0.5) is 5.69 Å². The Hall–Kier alpha value is -1.95. The number of aliphatic imine (C=N–C) groups is 1. The van der Waals surface area contributed by atoms with E-state index in [2.05, 4.69) is 19.2 Å². The third-order valence-electron chi connectivity index (χ3n) is 4.40. The first-order valence-corrected chi connectivity index (χ1v) is 9.33. The molecule has 134 valence electrons. The van der Waals surface area contributed by atoms with Gasteiger partial charge in [0.1, 0.15) is 11.8 Å². The lowest BCUT2D eigenvalue weighted by Gasteiger charge is -2.38. The van der Waals surface area contributed by atoms with E-state index in [-0.39, 0.29) is 17.4 Å². The van der Waals surface area contributed by atoms with Gasteiger partial charge in [-0.15, -0.1) is 11.8 Å². The van der Waals surface area contributed by atoms with Crippen LogP contribution in [0.3, 0.4) is 0 Å². The van der Waals surface area contributed by atoms with Crippen LogP contribution >= 0.6 is 11.8 Å². The maximum Gasteiger partial charge on any atom is 0.329 e. The Morgan fingerprint density at radius 3 is 2.60 bits per heavy atom. The van der Waals surface area contributed by atoms with Crippen molar-refractivity contribution in [1.82, 2.24) is 5.32 Å². The van der Waals surface area contributed by atoms with Gasteiger partial charge in [0.25, 0.3) is 0 Å². The highest BCUT2D eigenvalue weighted by Crippen LogP contribution is 2.43. The second kappa shape index (κ2) is 7.12. The first-order valence-electron chi connectivity index (χ1n) is 8.34. The smallest absolute Gasteiger partial charge is 0.329 e. The van der Waals surface area contributed by atoms with Gasteiger partial charge < -0.3 is 14.8 Å². The molecule has 1 heterocycles. The van der Waals surface area contributed by atoms with Crippen molar-refractivity contribution in [1.29, 1.82) is 0 Å². The van der Waals surface area contributed by atoms with Crippen molar-refractivity contribution < 1.29 is 14.3 Å². The van der Waals surface area contributed by atoms with E-state index in [1.807, 2.05) is 24.3 Å². The lowest BCUT2D eigenvalue weighted by atomic mass is 9.78. The molecule has 0 bridgehead atoms. The molecule has 1 aliphatic heterocycles. The van der Waals surface area contributed by atoms with Gasteiger partial charge in [-0.2, -0.15) is 0 Å². The molecule has 0 saturated heterocycles. The molecule has 1 aromatic carbocycles. The molecule has 3 rings (SSSR count). The number of carbonyl (C=O) groups is 1. The summed E-state index contributed by atoms with van der Waals surface area (Å²) in [7, 11) is 3.09. The molecule has 1 aliphatic carbocycles. The van der Waals surface area contributed by atoms with Gasteiger partial charge in [0.2, 0.25) is 0 Å². The standard InChI is InChI=1S/C19H24N2O3S/c1-19(2)9-14(20-12-5-7-13(23-3)8-6-12)17-15(10-19)21-16(11-25-17)18(22)24-4/h5-8,16,21H,9-11H2,1-4H3/b20-14+. The van der Waals surface area contributed by atoms with E-state index in [0.29, 0.717) is 5.75 Å². The van der Waals surface area contributed by atoms with Gasteiger partial charge in [-0.25, -0.2) is 4.79 Å². The molecule has 6 heteroatoms. The number of carbonyl (C=O) groups excluding carboxylic acids is 1. The zero-order chi connectivity index (χ0) is 18.0. The van der Waals surface area contributed by atoms with E-state index in [4.69, 9.17) is 14.5 Å². The van der Waals surface area contributed by atoms with E-state index in [1.165, 1.54) is 12.0 Å². The van der Waals surface area contributed by atoms with E-state index < -0.39 is 0 Å². The highest BCUT2D eigenvalue weighted by Gasteiger charge is 2.37. The summed E-state index contributed by atoms with van der Waals surface area (Å²) < 4.78 is 10.1. The summed E-state index contributed by atoms with van der Waals surface area (Å²) in [5, 5.41) is 3.38. The summed E-state index contributed by atoms with van der Waals surface area (Å²) in [6.07, 6.45) is 1.82. The zero-order valence-electron chi connectivity index (χ0n) is 15.1. The fourth-order valence-corrected chi connectivity index (χ4v) is 4.35. The molecular weight excluding hydrogens is 336 g/mol. The number of hydrogen-bond acceptors (Lipinski definition) is 6. The summed E-state index contributed by atoms with van der Waals surface area (Å²) in [5.41, 5.74) is 3.19. The van der Waals surface area contributed by atoms with Crippen LogP contribution in [0.25, 0.3) is 0 Å². The Labute approximate surface area is 152 Å². The van der Waals surface area contributed by atoms with E-state index in [0.717, 1.165) is 35.7 Å². The third-order valence-corrected chi connectivity index (χ3v) is 5.67. The quantitative estimate of drug-likeness (QED) is 0.833. The summed E-state index contributed by atoms with van der Waals surface area (Å²) in [6.45, 7) is 4.46. The van der Waals surface area contributed by atoms with Crippen LogP contribution in [0.5, 0.6) is 5.75 Å². The molecule has 1 atom stereocenters. The van der Waals surface area contributed by atoms with Crippen LogP contribution in [0.15, 0.2) is 39.9 Å². The second-order valence-electron chi connectivity index (χ2n) is 7.11. The average molecular weight is 360 g/mol. The number of nitrogens with zero attached hydrogens (tertiary/aromatic N) is 1. The van der Waals surface area contributed by atoms with Crippen molar-refractivity contribution in [3.05, 3.63) is 34.9 Å². The first kappa shape index (κ1) is 17.9. The highest BCUT2D eigenvalue weighted by molar-refractivity contribution is 8.04. The number of esters is 1. The molecule has 1 unspecified atom stereocenters. The van der Waals surface area contributed by atoms with Gasteiger partial charge in [0, 0.05) is 16.4 Å². The van der Waals surface area contributed by atoms with E-state index >= 15 is 0 Å². The molecule has 0 radical (unpaired) electrons. The van der Waals surface area contributed by atoms with Crippen LogP contribution < -0.4 is 10.1 Å². The van der Waals surface area contributed by atoms with Gasteiger partial charge >= 0.3 is 5.97 Å². The SMILES string of the molecule is COC(=O)C1CSC2=C(CC(C)(C)C/C2=N\c2ccc(OC)cc2)N1. The Balaban J connectivity index is 1.92. The van der Waals surface area contributed by atoms with Crippen LogP contribution in [-0.4, -0.2) is 37.7 Å². The van der Waals surface area contributed by atoms with E-state index in [1.54, 1.807) is 18.9 Å². The highest BCUT2D eigenvalue weighted by atomic mass is 32.2. The normalized spacial score (nSPS) is 23.7. The van der Waals surface area contributed by atoms with Crippen LogP contribution in [0.1, 0.15) is 26.7 Å². The Morgan fingerprint density at radius 2 is 1.96 bits per heavy atom. The van der Waals surface area contributed by atoms with Crippen LogP contribution in [0, 0.1) is 5.41 Å². The van der Waals surface area contributed by atoms with Crippen molar-refractivity contribution in [3.8, 4) is 5.75 Å². The summed E-state index contributed by atoms with van der Waals surface area (Å²) in [5.74, 6) is 1.27. The van der Waals surface area contributed by atoms with Crippen molar-refractivity contribution in [2.24, 2.45) is 10.4 Å². The molecule has 0 saturated carbocycles. The molecule has 0 spiro atoms. The number of hydrogen-bond donors (Lipinski definition) is 1. The fourth-order valence-electron chi connectivity index (χ4n) is 3.21. The number of thioether (sulfide) groups is 1. The van der Waals surface area contributed by atoms with Gasteiger partial charge in [-0.3, -0.25) is 4.99 Å². The first-order chi connectivity index (χ1) is 11.9. The monoisotopic (exact) mass is 360 g/mol.